The van der Waals surface area contributed by atoms with Gasteiger partial charge in [0.2, 0.25) is 0 Å². The van der Waals surface area contributed by atoms with Crippen LogP contribution < -0.4 is 0 Å². The minimum atomic E-state index is -0.182. The second-order valence-corrected chi connectivity index (χ2v) is 2.13. The minimum Gasteiger partial charge on any atom is -0.379 e. The van der Waals surface area contributed by atoms with Crippen molar-refractivity contribution >= 4 is 0 Å². The van der Waals surface area contributed by atoms with Crippen molar-refractivity contribution in [1.82, 2.24) is 0 Å². The molecule has 0 heterocycles. The minimum absolute atomic E-state index is 0.182. The Morgan fingerprint density at radius 1 is 0.833 bits per heavy atom. The summed E-state index contributed by atoms with van der Waals surface area (Å²) in [4.78, 5) is 0. The first-order valence-corrected chi connectivity index (χ1v) is 4.23. The molecule has 0 bridgehead atoms. The molecule has 0 unspecified atom stereocenters. The van der Waals surface area contributed by atoms with Crippen LogP contribution in [0.2, 0.25) is 0 Å². The van der Waals surface area contributed by atoms with Gasteiger partial charge in [0, 0.05) is 6.61 Å². The van der Waals surface area contributed by atoms with Crippen LogP contribution >= 0.6 is 0 Å². The molecule has 12 heavy (non-hydrogen) atoms. The van der Waals surface area contributed by atoms with Crippen molar-refractivity contribution in [1.29, 1.82) is 0 Å². The molecule has 1 radical (unpaired) electrons. The highest BCUT2D eigenvalue weighted by Crippen LogP contribution is 1.80. The molecule has 0 aromatic carbocycles. The van der Waals surface area contributed by atoms with Gasteiger partial charge in [-0.3, -0.25) is 0 Å². The fourth-order valence-electron chi connectivity index (χ4n) is 0.643. The summed E-state index contributed by atoms with van der Waals surface area (Å²) >= 11 is 0. The van der Waals surface area contributed by atoms with E-state index in [-0.39, 0.29) is 13.2 Å². The third-order valence-electron chi connectivity index (χ3n) is 1.18. The summed E-state index contributed by atoms with van der Waals surface area (Å²) in [6.07, 6.45) is 0. The maximum absolute atomic E-state index is 9.92. The zero-order chi connectivity index (χ0) is 9.07. The van der Waals surface area contributed by atoms with E-state index >= 15 is 0 Å². The fourth-order valence-corrected chi connectivity index (χ4v) is 0.643. The highest BCUT2D eigenvalue weighted by molar-refractivity contribution is 4.32. The predicted molar refractivity (Wildman–Crippen MR) is 43.7 cm³/mol. The van der Waals surface area contributed by atoms with Crippen molar-refractivity contribution < 1.29 is 19.3 Å². The monoisotopic (exact) mass is 177 g/mol. The van der Waals surface area contributed by atoms with Gasteiger partial charge >= 0.3 is 0 Å². The highest BCUT2D eigenvalue weighted by atomic mass is 16.5. The van der Waals surface area contributed by atoms with Crippen molar-refractivity contribution in [3.05, 3.63) is 0 Å². The van der Waals surface area contributed by atoms with Crippen LogP contribution in [0.25, 0.3) is 0 Å². The Balaban J connectivity index is 2.73. The summed E-state index contributed by atoms with van der Waals surface area (Å²) in [5.41, 5.74) is 0. The van der Waals surface area contributed by atoms with Crippen LogP contribution in [-0.4, -0.2) is 46.2 Å². The van der Waals surface area contributed by atoms with E-state index < -0.39 is 0 Å². The van der Waals surface area contributed by atoms with Crippen molar-refractivity contribution in [2.75, 3.05) is 46.2 Å². The number of hydrogen-bond donors (Lipinski definition) is 0. The number of ether oxygens (including phenoxy) is 3. The van der Waals surface area contributed by atoms with E-state index in [1.165, 1.54) is 0 Å². The zero-order valence-electron chi connectivity index (χ0n) is 7.58. The fraction of sp³-hybridized carbons (Fsp3) is 1.00. The van der Waals surface area contributed by atoms with E-state index in [9.17, 15) is 5.11 Å². The van der Waals surface area contributed by atoms with Gasteiger partial charge in [0.1, 0.15) is 6.61 Å². The molecule has 0 fully saturated rings. The average molecular weight is 177 g/mol. The molecule has 0 N–H and O–H groups in total. The first-order chi connectivity index (χ1) is 5.91. The Kier molecular flexibility index (Phi) is 10.7. The summed E-state index contributed by atoms with van der Waals surface area (Å²) in [7, 11) is 0. The summed E-state index contributed by atoms with van der Waals surface area (Å²) in [6, 6.07) is 0. The number of rotatable bonds is 9. The lowest BCUT2D eigenvalue weighted by Crippen LogP contribution is -2.10. The molecule has 0 spiro atoms. The van der Waals surface area contributed by atoms with E-state index in [4.69, 9.17) is 14.2 Å². The van der Waals surface area contributed by atoms with Crippen LogP contribution in [0.1, 0.15) is 6.92 Å². The average Bonchev–Trinajstić information content (AvgIpc) is 2.10. The molecule has 0 saturated carbocycles. The molecule has 0 aromatic heterocycles. The van der Waals surface area contributed by atoms with E-state index in [2.05, 4.69) is 0 Å². The third kappa shape index (κ3) is 9.84. The molecule has 0 atom stereocenters. The molecule has 0 saturated heterocycles. The van der Waals surface area contributed by atoms with Gasteiger partial charge in [0.25, 0.3) is 0 Å². The third-order valence-corrected chi connectivity index (χ3v) is 1.18. The summed E-state index contributed by atoms with van der Waals surface area (Å²) in [5, 5.41) is 9.92. The van der Waals surface area contributed by atoms with Crippen LogP contribution in [0.4, 0.5) is 0 Å². The SMILES string of the molecule is CCOCCOCCOCC[O]. The molecule has 4 heteroatoms. The summed E-state index contributed by atoms with van der Waals surface area (Å²) < 4.78 is 15.1. The lowest BCUT2D eigenvalue weighted by atomic mass is 10.7. The standard InChI is InChI=1S/C8H17O4/c1-2-10-5-6-12-8-7-11-4-3-9/h2-8H2,1H3. The zero-order valence-corrected chi connectivity index (χ0v) is 7.58. The van der Waals surface area contributed by atoms with Crippen molar-refractivity contribution in [2.45, 2.75) is 6.92 Å². The Morgan fingerprint density at radius 3 is 1.83 bits per heavy atom. The van der Waals surface area contributed by atoms with Crippen molar-refractivity contribution in [2.24, 2.45) is 0 Å². The molecular formula is C8H17O4. The van der Waals surface area contributed by atoms with Crippen LogP contribution in [-0.2, 0) is 19.3 Å². The molecular weight excluding hydrogens is 160 g/mol. The highest BCUT2D eigenvalue weighted by Gasteiger charge is 1.89. The van der Waals surface area contributed by atoms with Crippen molar-refractivity contribution in [3.63, 3.8) is 0 Å². The molecule has 0 aromatic rings. The normalized spacial score (nSPS) is 10.5. The smallest absolute Gasteiger partial charge is 0.106 e. The van der Waals surface area contributed by atoms with Crippen LogP contribution in [0, 0.1) is 0 Å². The van der Waals surface area contributed by atoms with Crippen LogP contribution in [0.15, 0.2) is 0 Å². The second-order valence-electron chi connectivity index (χ2n) is 2.13. The Hall–Kier alpha value is -0.160. The first kappa shape index (κ1) is 11.8. The molecule has 0 amide bonds. The molecule has 0 aliphatic carbocycles. The lowest BCUT2D eigenvalue weighted by molar-refractivity contribution is 0.00304. The van der Waals surface area contributed by atoms with E-state index in [1.807, 2.05) is 6.92 Å². The van der Waals surface area contributed by atoms with Gasteiger partial charge in [-0.25, -0.2) is 5.11 Å². The topological polar surface area (TPSA) is 47.6 Å². The Bertz CT molecular complexity index is 67.5. The van der Waals surface area contributed by atoms with E-state index in [1.54, 1.807) is 0 Å². The van der Waals surface area contributed by atoms with Gasteiger partial charge < -0.3 is 14.2 Å². The number of hydrogen-bond acceptors (Lipinski definition) is 3. The van der Waals surface area contributed by atoms with Crippen LogP contribution in [0.5, 0.6) is 0 Å². The quantitative estimate of drug-likeness (QED) is 0.481. The van der Waals surface area contributed by atoms with Gasteiger partial charge in [-0.05, 0) is 6.92 Å². The van der Waals surface area contributed by atoms with E-state index in [0.29, 0.717) is 26.4 Å². The maximum Gasteiger partial charge on any atom is 0.106 e. The predicted octanol–water partition coefficient (Wildman–Crippen LogP) is 0.487. The molecule has 0 rings (SSSR count). The summed E-state index contributed by atoms with van der Waals surface area (Å²) in [5.74, 6) is 0. The van der Waals surface area contributed by atoms with Gasteiger partial charge in [-0.15, -0.1) is 0 Å². The Labute approximate surface area is 73.4 Å². The second kappa shape index (κ2) is 10.8. The van der Waals surface area contributed by atoms with Gasteiger partial charge in [0.05, 0.1) is 33.0 Å². The molecule has 4 nitrogen and oxygen atoms in total. The first-order valence-electron chi connectivity index (χ1n) is 4.23. The lowest BCUT2D eigenvalue weighted by Gasteiger charge is -2.04. The Morgan fingerprint density at radius 2 is 1.33 bits per heavy atom. The molecule has 0 aliphatic heterocycles. The van der Waals surface area contributed by atoms with Gasteiger partial charge in [0.15, 0.2) is 0 Å². The molecule has 73 valence electrons. The largest absolute Gasteiger partial charge is 0.379 e. The van der Waals surface area contributed by atoms with Gasteiger partial charge in [-0.1, -0.05) is 0 Å². The van der Waals surface area contributed by atoms with E-state index in [0.717, 1.165) is 6.61 Å². The molecule has 0 aliphatic rings. The van der Waals surface area contributed by atoms with Gasteiger partial charge in [-0.2, -0.15) is 0 Å². The maximum atomic E-state index is 9.92. The van der Waals surface area contributed by atoms with Crippen molar-refractivity contribution in [3.8, 4) is 0 Å². The van der Waals surface area contributed by atoms with Crippen LogP contribution in [0.3, 0.4) is 0 Å². The summed E-state index contributed by atoms with van der Waals surface area (Å²) in [6.45, 7) is 5.00.